The Morgan fingerprint density at radius 2 is 1.38 bits per heavy atom. The monoisotopic (exact) mass is 830 g/mol. The second kappa shape index (κ2) is 16.9. The standard InChI is InChI=1S/C46H54N8O7/c1-7-29-31-16-13-28(33-23-48-42(50-33)34-10-8-18-53(34)43(55)39(24(2)3)51-45(57)58)21-37(31)61-36-17-14-26-20-27(12-15-30(26)38(29)36)32-22-47-41(49-32)35-11-9-19-54(35)44(56)40(25(4)5)52-46(59)60-6/h12-17,20-25,29,34-35,39-40,51H,7-11,18-19H2,1-6H3,(H,47,49)(H,48,50)(H,52,59)(H,57,58)/t29?,34-,35-,39-,40-/m0/s1. The van der Waals surface area contributed by atoms with Crippen molar-refractivity contribution in [2.24, 2.45) is 11.8 Å². The zero-order chi connectivity index (χ0) is 43.1. The van der Waals surface area contributed by atoms with Crippen molar-refractivity contribution in [3.63, 3.8) is 0 Å². The molecule has 0 saturated carbocycles. The number of aromatic amines is 2. The summed E-state index contributed by atoms with van der Waals surface area (Å²) in [6, 6.07) is 14.7. The minimum absolute atomic E-state index is 0.0963. The lowest BCUT2D eigenvalue weighted by molar-refractivity contribution is -0.136. The van der Waals surface area contributed by atoms with E-state index in [0.29, 0.717) is 18.9 Å². The number of H-pyrrole nitrogens is 2. The predicted octanol–water partition coefficient (Wildman–Crippen LogP) is 8.27. The van der Waals surface area contributed by atoms with E-state index in [1.807, 2.05) is 50.9 Å². The van der Waals surface area contributed by atoms with Crippen LogP contribution in [0.15, 0.2) is 60.9 Å². The SMILES string of the molecule is CCC1c2ccc(-c3cnc([C@@H]4CCCN4C(=O)[C@@H](NC(=O)O)C(C)C)[nH]3)cc2Oc2ccc3cc(-c4cnc([C@@H]5CCCN5C(=O)[C@@H](NC(=O)OC)C(C)C)[nH]4)ccc3c21. The van der Waals surface area contributed by atoms with Crippen LogP contribution in [0.5, 0.6) is 11.5 Å². The first-order valence-electron chi connectivity index (χ1n) is 21.3. The number of aromatic nitrogens is 4. The fraction of sp³-hybridized carbons (Fsp3) is 0.435. The molecule has 5 heterocycles. The van der Waals surface area contributed by atoms with Gasteiger partial charge in [-0.2, -0.15) is 0 Å². The fourth-order valence-corrected chi connectivity index (χ4v) is 9.36. The normalized spacial score (nSPS) is 19.4. The number of amides is 4. The zero-order valence-corrected chi connectivity index (χ0v) is 35.5. The Balaban J connectivity index is 1.01. The third-order valence-electron chi connectivity index (χ3n) is 12.5. The topological polar surface area (TPSA) is 195 Å². The van der Waals surface area contributed by atoms with E-state index >= 15 is 0 Å². The van der Waals surface area contributed by atoms with E-state index in [1.165, 1.54) is 7.11 Å². The van der Waals surface area contributed by atoms with Gasteiger partial charge < -0.3 is 45.0 Å². The van der Waals surface area contributed by atoms with Crippen LogP contribution in [0.25, 0.3) is 33.3 Å². The van der Waals surface area contributed by atoms with Gasteiger partial charge in [0.2, 0.25) is 11.8 Å². The summed E-state index contributed by atoms with van der Waals surface area (Å²) in [5.41, 5.74) is 5.79. The number of nitrogens with one attached hydrogen (secondary N) is 4. The minimum Gasteiger partial charge on any atom is -0.465 e. The molecule has 0 aliphatic carbocycles. The van der Waals surface area contributed by atoms with Gasteiger partial charge in [-0.25, -0.2) is 19.6 Å². The molecular weight excluding hydrogens is 777 g/mol. The van der Waals surface area contributed by atoms with Crippen LogP contribution in [-0.4, -0.2) is 91.1 Å². The van der Waals surface area contributed by atoms with Crippen molar-refractivity contribution in [3.05, 3.63) is 83.7 Å². The maximum absolute atomic E-state index is 13.7. The van der Waals surface area contributed by atoms with Crippen molar-refractivity contribution in [1.82, 2.24) is 40.4 Å². The second-order valence-corrected chi connectivity index (χ2v) is 17.0. The maximum Gasteiger partial charge on any atom is 0.407 e. The molecule has 2 aromatic heterocycles. The molecule has 3 aliphatic heterocycles. The lowest BCUT2D eigenvalue weighted by Crippen LogP contribution is -2.51. The molecule has 3 aliphatic rings. The number of carbonyl (C=O) groups excluding carboxylic acids is 3. The molecular formula is C46H54N8O7. The Morgan fingerprint density at radius 1 is 0.803 bits per heavy atom. The summed E-state index contributed by atoms with van der Waals surface area (Å²) in [6.45, 7) is 10.8. The molecule has 2 fully saturated rings. The second-order valence-electron chi connectivity index (χ2n) is 17.0. The van der Waals surface area contributed by atoms with E-state index in [4.69, 9.17) is 19.4 Å². The lowest BCUT2D eigenvalue weighted by atomic mass is 9.82. The number of rotatable bonds is 11. The molecule has 5 aromatic rings. The molecule has 5 atom stereocenters. The smallest absolute Gasteiger partial charge is 0.407 e. The van der Waals surface area contributed by atoms with E-state index in [1.54, 1.807) is 11.1 Å². The Morgan fingerprint density at radius 3 is 1.93 bits per heavy atom. The molecule has 15 heteroatoms. The van der Waals surface area contributed by atoms with E-state index in [-0.39, 0.29) is 41.7 Å². The Labute approximate surface area is 354 Å². The van der Waals surface area contributed by atoms with E-state index in [2.05, 4.69) is 63.9 Å². The summed E-state index contributed by atoms with van der Waals surface area (Å²) in [6.07, 6.45) is 5.77. The average Bonchev–Trinajstić information content (AvgIpc) is 4.09. The highest BCUT2D eigenvalue weighted by atomic mass is 16.5. The summed E-state index contributed by atoms with van der Waals surface area (Å²) in [7, 11) is 1.29. The summed E-state index contributed by atoms with van der Waals surface area (Å²) >= 11 is 0. The van der Waals surface area contributed by atoms with Crippen LogP contribution in [0.4, 0.5) is 9.59 Å². The number of nitrogens with zero attached hydrogens (tertiary/aromatic N) is 4. The van der Waals surface area contributed by atoms with Crippen molar-refractivity contribution in [2.75, 3.05) is 20.2 Å². The summed E-state index contributed by atoms with van der Waals surface area (Å²) in [5.74, 6) is 2.38. The first-order valence-corrected chi connectivity index (χ1v) is 21.3. The third-order valence-corrected chi connectivity index (χ3v) is 12.5. The van der Waals surface area contributed by atoms with Crippen LogP contribution >= 0.6 is 0 Å². The van der Waals surface area contributed by atoms with Crippen LogP contribution in [0, 0.1) is 11.8 Å². The third kappa shape index (κ3) is 7.88. The molecule has 1 unspecified atom stereocenters. The number of hydrogen-bond donors (Lipinski definition) is 5. The molecule has 320 valence electrons. The Kier molecular flexibility index (Phi) is 11.5. The van der Waals surface area contributed by atoms with Gasteiger partial charge in [0.25, 0.3) is 0 Å². The fourth-order valence-electron chi connectivity index (χ4n) is 9.36. The van der Waals surface area contributed by atoms with Crippen molar-refractivity contribution >= 4 is 34.8 Å². The molecule has 8 rings (SSSR count). The number of imidazole rings is 2. The van der Waals surface area contributed by atoms with Crippen molar-refractivity contribution in [2.45, 2.75) is 96.8 Å². The van der Waals surface area contributed by atoms with Gasteiger partial charge in [-0.05, 0) is 72.9 Å². The quantitative estimate of drug-likeness (QED) is 0.0871. The molecule has 15 nitrogen and oxygen atoms in total. The van der Waals surface area contributed by atoms with Gasteiger partial charge in [-0.1, -0.05) is 65.0 Å². The van der Waals surface area contributed by atoms with Crippen LogP contribution in [0.3, 0.4) is 0 Å². The summed E-state index contributed by atoms with van der Waals surface area (Å²) in [4.78, 5) is 70.7. The molecule has 2 saturated heterocycles. The number of carboxylic acid groups (broad SMARTS) is 1. The number of fused-ring (bicyclic) bond motifs is 4. The predicted molar refractivity (Wildman–Crippen MR) is 229 cm³/mol. The molecule has 0 spiro atoms. The zero-order valence-electron chi connectivity index (χ0n) is 35.5. The maximum atomic E-state index is 13.7. The number of hydrogen-bond acceptors (Lipinski definition) is 8. The van der Waals surface area contributed by atoms with Crippen LogP contribution in [0.1, 0.15) is 108 Å². The van der Waals surface area contributed by atoms with E-state index in [0.717, 1.165) is 93.8 Å². The number of carbonyl (C=O) groups is 4. The molecule has 61 heavy (non-hydrogen) atoms. The molecule has 4 amide bonds. The van der Waals surface area contributed by atoms with Crippen molar-refractivity contribution in [3.8, 4) is 34.0 Å². The summed E-state index contributed by atoms with van der Waals surface area (Å²) in [5, 5.41) is 16.7. The van der Waals surface area contributed by atoms with Gasteiger partial charge in [0.1, 0.15) is 35.2 Å². The lowest BCUT2D eigenvalue weighted by Gasteiger charge is -2.30. The highest BCUT2D eigenvalue weighted by Gasteiger charge is 2.39. The minimum atomic E-state index is -1.22. The number of methoxy groups -OCH3 is 1. The number of alkyl carbamates (subject to hydrolysis) is 1. The Bertz CT molecular complexity index is 2470. The number of ether oxygens (including phenoxy) is 2. The van der Waals surface area contributed by atoms with Crippen LogP contribution in [-0.2, 0) is 14.3 Å². The largest absolute Gasteiger partial charge is 0.465 e. The van der Waals surface area contributed by atoms with E-state index < -0.39 is 24.3 Å². The van der Waals surface area contributed by atoms with Gasteiger partial charge in [-0.3, -0.25) is 9.59 Å². The highest BCUT2D eigenvalue weighted by molar-refractivity contribution is 5.93. The first-order chi connectivity index (χ1) is 29.4. The first kappa shape index (κ1) is 41.4. The van der Waals surface area contributed by atoms with E-state index in [9.17, 15) is 24.3 Å². The van der Waals surface area contributed by atoms with Crippen LogP contribution < -0.4 is 15.4 Å². The van der Waals surface area contributed by atoms with Gasteiger partial charge in [0.05, 0.1) is 43.0 Å². The van der Waals surface area contributed by atoms with Gasteiger partial charge in [-0.15, -0.1) is 0 Å². The summed E-state index contributed by atoms with van der Waals surface area (Å²) < 4.78 is 11.4. The van der Waals surface area contributed by atoms with Gasteiger partial charge >= 0.3 is 12.2 Å². The average molecular weight is 831 g/mol. The molecule has 5 N–H and O–H groups in total. The van der Waals surface area contributed by atoms with Gasteiger partial charge in [0.15, 0.2) is 0 Å². The van der Waals surface area contributed by atoms with Crippen molar-refractivity contribution < 1.29 is 33.8 Å². The molecule has 3 aromatic carbocycles. The molecule has 0 bridgehead atoms. The number of benzene rings is 3. The van der Waals surface area contributed by atoms with Crippen LogP contribution in [0.2, 0.25) is 0 Å². The highest BCUT2D eigenvalue weighted by Crippen LogP contribution is 2.50. The Hall–Kier alpha value is -6.38. The van der Waals surface area contributed by atoms with Gasteiger partial charge in [0, 0.05) is 41.3 Å². The molecule has 0 radical (unpaired) electrons. The number of likely N-dealkylation sites (tertiary alicyclic amines) is 2. The van der Waals surface area contributed by atoms with Crippen molar-refractivity contribution in [1.29, 1.82) is 0 Å².